The van der Waals surface area contributed by atoms with E-state index in [1.54, 1.807) is 0 Å². The van der Waals surface area contributed by atoms with Crippen LogP contribution in [0.5, 0.6) is 5.88 Å². The Balaban J connectivity index is 0.00000480. The number of aromatic nitrogens is 2. The van der Waals surface area contributed by atoms with Crippen molar-refractivity contribution < 1.29 is 31.2 Å². The van der Waals surface area contributed by atoms with Crippen LogP contribution in [0, 0.1) is 11.3 Å². The summed E-state index contributed by atoms with van der Waals surface area (Å²) in [6.07, 6.45) is 7.61. The highest BCUT2D eigenvalue weighted by atomic mass is 35.5. The zero-order valence-corrected chi connectivity index (χ0v) is 21.8. The Morgan fingerprint density at radius 2 is 1.94 bits per heavy atom. The number of nitrogens with zero attached hydrogens (tertiary/aromatic N) is 3. The third-order valence-corrected chi connectivity index (χ3v) is 6.10. The van der Waals surface area contributed by atoms with Gasteiger partial charge in [0.05, 0.1) is 37.3 Å². The average Bonchev–Trinajstić information content (AvgIpc) is 3.13. The number of rotatable bonds is 10. The average molecular weight is 474 g/mol. The van der Waals surface area contributed by atoms with Crippen LogP contribution < -0.4 is 17.1 Å². The van der Waals surface area contributed by atoms with E-state index in [0.717, 1.165) is 37.2 Å². The number of quaternary nitrogens is 1. The Kier molecular flexibility index (Phi) is 10.9. The van der Waals surface area contributed by atoms with Crippen molar-refractivity contribution in [3.05, 3.63) is 11.8 Å². The zero-order chi connectivity index (χ0) is 22.4. The number of ether oxygens (including phenoxy) is 2. The predicted molar refractivity (Wildman–Crippen MR) is 122 cm³/mol. The lowest BCUT2D eigenvalue weighted by Crippen LogP contribution is -3.00. The molecule has 2 unspecified atom stereocenters. The van der Waals surface area contributed by atoms with Crippen molar-refractivity contribution >= 4 is 23.3 Å². The third-order valence-electron chi connectivity index (χ3n) is 5.59. The van der Waals surface area contributed by atoms with Crippen LogP contribution in [0.25, 0.3) is 5.57 Å². The number of hydrogen-bond acceptors (Lipinski definition) is 6. The van der Waals surface area contributed by atoms with Gasteiger partial charge in [-0.05, 0) is 27.2 Å². The molecule has 0 saturated carbocycles. The third kappa shape index (κ3) is 7.72. The maximum Gasteiger partial charge on any atom is 0.315 e. The van der Waals surface area contributed by atoms with Gasteiger partial charge in [-0.25, -0.2) is 0 Å². The van der Waals surface area contributed by atoms with E-state index in [2.05, 4.69) is 42.6 Å². The Hall–Kier alpha value is -1.18. The molecule has 0 radical (unpaired) electrons. The second kappa shape index (κ2) is 12.2. The van der Waals surface area contributed by atoms with Gasteiger partial charge in [-0.3, -0.25) is 9.28 Å². The van der Waals surface area contributed by atoms with Crippen LogP contribution >= 0.6 is 11.7 Å². The number of esters is 1. The first kappa shape index (κ1) is 27.9. The molecule has 0 fully saturated rings. The Labute approximate surface area is 198 Å². The molecule has 1 aliphatic heterocycles. The summed E-state index contributed by atoms with van der Waals surface area (Å²) < 4.78 is 21.6. The molecule has 6 nitrogen and oxygen atoms in total. The molecule has 1 aromatic heterocycles. The van der Waals surface area contributed by atoms with Crippen LogP contribution in [0.15, 0.2) is 6.08 Å². The minimum absolute atomic E-state index is 0. The summed E-state index contributed by atoms with van der Waals surface area (Å²) in [5.41, 5.74) is 1.47. The molecule has 1 aromatic rings. The highest BCUT2D eigenvalue weighted by Crippen LogP contribution is 2.34. The predicted octanol–water partition coefficient (Wildman–Crippen LogP) is 2.31. The summed E-state index contributed by atoms with van der Waals surface area (Å²) >= 11 is 1.20. The van der Waals surface area contributed by atoms with E-state index in [0.29, 0.717) is 17.0 Å². The SMILES string of the molecule is CCCCCCOc1nsnc1C1=CCC[N+](C)(C(OC(=O)C(C)(C)C)C(C)C)C1.[Cl-]. The molecule has 0 bridgehead atoms. The lowest BCUT2D eigenvalue weighted by atomic mass is 9.96. The number of carbonyl (C=O) groups excluding carboxylic acids is 1. The van der Waals surface area contributed by atoms with Crippen LogP contribution in [0.2, 0.25) is 0 Å². The largest absolute Gasteiger partial charge is 1.00 e. The smallest absolute Gasteiger partial charge is 0.315 e. The molecule has 0 N–H and O–H groups in total. The number of unbranched alkanes of at least 4 members (excludes halogenated alkanes) is 3. The van der Waals surface area contributed by atoms with Crippen molar-refractivity contribution in [2.45, 2.75) is 79.9 Å². The van der Waals surface area contributed by atoms with Gasteiger partial charge in [0.25, 0.3) is 5.88 Å². The molecule has 0 saturated heterocycles. The molecule has 0 amide bonds. The number of carbonyl (C=O) groups is 1. The fourth-order valence-corrected chi connectivity index (χ4v) is 4.42. The second-order valence-corrected chi connectivity index (χ2v) is 10.5. The quantitative estimate of drug-likeness (QED) is 0.296. The van der Waals surface area contributed by atoms with E-state index in [1.165, 1.54) is 31.0 Å². The zero-order valence-electron chi connectivity index (χ0n) is 20.2. The lowest BCUT2D eigenvalue weighted by Gasteiger charge is -2.44. The van der Waals surface area contributed by atoms with Gasteiger partial charge in [-0.1, -0.05) is 46.1 Å². The second-order valence-electron chi connectivity index (χ2n) is 10.00. The summed E-state index contributed by atoms with van der Waals surface area (Å²) in [6, 6.07) is 0. The topological polar surface area (TPSA) is 61.3 Å². The highest BCUT2D eigenvalue weighted by molar-refractivity contribution is 6.99. The maximum atomic E-state index is 12.6. The summed E-state index contributed by atoms with van der Waals surface area (Å²) in [5.74, 6) is 0.704. The van der Waals surface area contributed by atoms with Crippen LogP contribution in [0.4, 0.5) is 0 Å². The van der Waals surface area contributed by atoms with E-state index in [9.17, 15) is 4.79 Å². The fraction of sp³-hybridized carbons (Fsp3) is 0.783. The summed E-state index contributed by atoms with van der Waals surface area (Å²) in [7, 11) is 2.18. The van der Waals surface area contributed by atoms with Crippen LogP contribution in [-0.4, -0.2) is 52.2 Å². The molecule has 8 heteroatoms. The Bertz CT molecular complexity index is 730. The molecule has 2 heterocycles. The molecule has 2 rings (SSSR count). The molecule has 0 spiro atoms. The van der Waals surface area contributed by atoms with Crippen molar-refractivity contribution in [2.75, 3.05) is 26.7 Å². The molecule has 0 aliphatic carbocycles. The Morgan fingerprint density at radius 1 is 1.23 bits per heavy atom. The standard InChI is InChI=1S/C23H40N3O3S.ClH/c1-8-9-10-11-15-28-20-19(24-30-25-20)18-13-12-14-26(7,16-18)21(17(2)3)29-22(27)23(4,5)6;/h13,17,21H,8-12,14-16H2,1-7H3;1H/q+1;/p-1. The Morgan fingerprint density at radius 3 is 2.55 bits per heavy atom. The molecule has 31 heavy (non-hydrogen) atoms. The van der Waals surface area contributed by atoms with Gasteiger partial charge in [0.2, 0.25) is 6.23 Å². The molecule has 0 aromatic carbocycles. The van der Waals surface area contributed by atoms with Gasteiger partial charge in [0.1, 0.15) is 12.2 Å². The minimum Gasteiger partial charge on any atom is -1.00 e. The van der Waals surface area contributed by atoms with Gasteiger partial charge in [-0.2, -0.15) is 4.37 Å². The van der Waals surface area contributed by atoms with Crippen molar-refractivity contribution in [3.63, 3.8) is 0 Å². The van der Waals surface area contributed by atoms with Gasteiger partial charge >= 0.3 is 5.97 Å². The summed E-state index contributed by atoms with van der Waals surface area (Å²) in [6.45, 7) is 14.5. The molecule has 1 aliphatic rings. The fourth-order valence-electron chi connectivity index (χ4n) is 3.89. The van der Waals surface area contributed by atoms with Crippen LogP contribution in [0.3, 0.4) is 0 Å². The monoisotopic (exact) mass is 473 g/mol. The van der Waals surface area contributed by atoms with Crippen LogP contribution in [0.1, 0.15) is 79.3 Å². The van der Waals surface area contributed by atoms with Crippen LogP contribution in [-0.2, 0) is 9.53 Å². The van der Waals surface area contributed by atoms with Crippen molar-refractivity contribution in [1.82, 2.24) is 8.75 Å². The van der Waals surface area contributed by atoms with Gasteiger partial charge < -0.3 is 21.9 Å². The van der Waals surface area contributed by atoms with E-state index in [4.69, 9.17) is 9.47 Å². The summed E-state index contributed by atoms with van der Waals surface area (Å²) in [5, 5.41) is 0. The molecule has 178 valence electrons. The van der Waals surface area contributed by atoms with E-state index in [1.807, 2.05) is 20.8 Å². The minimum atomic E-state index is -0.516. The number of likely N-dealkylation sites (N-methyl/N-ethyl adjacent to an activating group) is 1. The highest BCUT2D eigenvalue weighted by Gasteiger charge is 2.42. The normalized spacial score (nSPS) is 20.1. The van der Waals surface area contributed by atoms with Gasteiger partial charge in [-0.15, -0.1) is 4.37 Å². The maximum absolute atomic E-state index is 12.6. The van der Waals surface area contributed by atoms with Crippen molar-refractivity contribution in [1.29, 1.82) is 0 Å². The van der Waals surface area contributed by atoms with Gasteiger partial charge in [0.15, 0.2) is 0 Å². The molecule has 2 atom stereocenters. The first-order valence-corrected chi connectivity index (χ1v) is 12.0. The lowest BCUT2D eigenvalue weighted by molar-refractivity contribution is -0.950. The molecular weight excluding hydrogens is 434 g/mol. The number of hydrogen-bond donors (Lipinski definition) is 0. The summed E-state index contributed by atoms with van der Waals surface area (Å²) in [4.78, 5) is 12.6. The molecular formula is C23H40ClN3O3S. The van der Waals surface area contributed by atoms with E-state index < -0.39 is 5.41 Å². The first-order valence-electron chi connectivity index (χ1n) is 11.3. The number of halogens is 1. The first-order chi connectivity index (χ1) is 14.1. The van der Waals surface area contributed by atoms with Crippen molar-refractivity contribution in [3.8, 4) is 5.88 Å². The van der Waals surface area contributed by atoms with Crippen molar-refractivity contribution in [2.24, 2.45) is 11.3 Å². The van der Waals surface area contributed by atoms with Gasteiger partial charge in [0, 0.05) is 17.9 Å². The van der Waals surface area contributed by atoms with E-state index >= 15 is 0 Å². The van der Waals surface area contributed by atoms with E-state index in [-0.39, 0.29) is 30.5 Å².